The average Bonchev–Trinajstić information content (AvgIpc) is 2.82. The zero-order valence-electron chi connectivity index (χ0n) is 19.9. The van der Waals surface area contributed by atoms with E-state index in [0.717, 1.165) is 30.7 Å². The largest absolute Gasteiger partial charge is 0.416 e. The first kappa shape index (κ1) is 27.4. The smallest absolute Gasteiger partial charge is 0.396 e. The lowest BCUT2D eigenvalue weighted by Gasteiger charge is -2.39. The fraction of sp³-hybridized carbons (Fsp3) is 0.560. The van der Waals surface area contributed by atoms with Gasteiger partial charge in [-0.2, -0.15) is 13.2 Å². The Balaban J connectivity index is 1.58. The number of hydrogen-bond acceptors (Lipinski definition) is 4. The Bertz CT molecular complexity index is 1040. The van der Waals surface area contributed by atoms with Gasteiger partial charge in [0.2, 0.25) is 15.9 Å². The molecule has 3 rings (SSSR count). The molecule has 194 valence electrons. The van der Waals surface area contributed by atoms with Crippen molar-refractivity contribution in [3.63, 3.8) is 0 Å². The second-order valence-corrected chi connectivity index (χ2v) is 11.8. The van der Waals surface area contributed by atoms with E-state index in [-0.39, 0.29) is 35.3 Å². The molecular formula is C25H33F3N2O4S. The first-order valence-electron chi connectivity index (χ1n) is 11.8. The van der Waals surface area contributed by atoms with Gasteiger partial charge < -0.3 is 10.4 Å². The van der Waals surface area contributed by atoms with Crippen molar-refractivity contribution in [2.45, 2.75) is 69.1 Å². The Morgan fingerprint density at radius 3 is 2.23 bits per heavy atom. The number of benzene rings is 1. The molecule has 1 fully saturated rings. The minimum absolute atomic E-state index is 0.0676. The lowest BCUT2D eigenvalue weighted by atomic mass is 9.75. The minimum atomic E-state index is -4.54. The number of rotatable bonds is 8. The van der Waals surface area contributed by atoms with Crippen LogP contribution in [0.3, 0.4) is 0 Å². The van der Waals surface area contributed by atoms with E-state index in [1.165, 1.54) is 0 Å². The summed E-state index contributed by atoms with van der Waals surface area (Å²) in [5.41, 5.74) is -1.44. The Morgan fingerprint density at radius 2 is 1.71 bits per heavy atom. The van der Waals surface area contributed by atoms with Crippen molar-refractivity contribution in [3.8, 4) is 0 Å². The van der Waals surface area contributed by atoms with E-state index >= 15 is 0 Å². The molecule has 1 amide bonds. The number of aliphatic hydroxyl groups excluding tert-OH is 1. The van der Waals surface area contributed by atoms with E-state index in [0.29, 0.717) is 25.7 Å². The molecular weight excluding hydrogens is 481 g/mol. The zero-order valence-corrected chi connectivity index (χ0v) is 20.7. The molecule has 6 nitrogen and oxygen atoms in total. The Labute approximate surface area is 204 Å². The zero-order chi connectivity index (χ0) is 25.9. The molecule has 0 radical (unpaired) electrons. The molecule has 0 bridgehead atoms. The summed E-state index contributed by atoms with van der Waals surface area (Å²) in [6, 6.07) is 2.73. The highest BCUT2D eigenvalue weighted by atomic mass is 32.2. The molecule has 2 atom stereocenters. The summed E-state index contributed by atoms with van der Waals surface area (Å²) in [5, 5.41) is 13.0. The molecule has 2 aliphatic rings. The second-order valence-electron chi connectivity index (χ2n) is 10.0. The fourth-order valence-electron chi connectivity index (χ4n) is 4.68. The van der Waals surface area contributed by atoms with Gasteiger partial charge in [0.25, 0.3) is 0 Å². The molecule has 1 saturated carbocycles. The highest BCUT2D eigenvalue weighted by Gasteiger charge is 2.38. The number of carbonyl (C=O) groups excluding carboxylic acids is 1. The molecule has 0 aromatic heterocycles. The third-order valence-corrected chi connectivity index (χ3v) is 8.44. The molecule has 0 spiro atoms. The van der Waals surface area contributed by atoms with Gasteiger partial charge in [0.05, 0.1) is 17.1 Å². The van der Waals surface area contributed by atoms with Crippen LogP contribution in [0.15, 0.2) is 53.5 Å². The Hall–Kier alpha value is -2.17. The van der Waals surface area contributed by atoms with Gasteiger partial charge in [-0.3, -0.25) is 4.79 Å². The minimum Gasteiger partial charge on any atom is -0.396 e. The molecule has 1 aromatic rings. The summed E-state index contributed by atoms with van der Waals surface area (Å²) in [6.07, 6.45) is 6.05. The van der Waals surface area contributed by atoms with E-state index < -0.39 is 33.2 Å². The van der Waals surface area contributed by atoms with Crippen molar-refractivity contribution in [2.75, 3.05) is 6.61 Å². The summed E-state index contributed by atoms with van der Waals surface area (Å²) in [5.74, 6) is -0.316. The predicted octanol–water partition coefficient (Wildman–Crippen LogP) is 4.18. The number of amides is 1. The van der Waals surface area contributed by atoms with Gasteiger partial charge in [0.15, 0.2) is 0 Å². The molecule has 2 aliphatic carbocycles. The molecule has 0 aliphatic heterocycles. The van der Waals surface area contributed by atoms with Crippen LogP contribution in [0.2, 0.25) is 0 Å². The molecule has 0 heterocycles. The highest BCUT2D eigenvalue weighted by Crippen LogP contribution is 2.33. The predicted molar refractivity (Wildman–Crippen MR) is 127 cm³/mol. The number of alkyl halides is 3. The van der Waals surface area contributed by atoms with Crippen LogP contribution < -0.4 is 10.0 Å². The maximum absolute atomic E-state index is 13.1. The van der Waals surface area contributed by atoms with Gasteiger partial charge in [-0.15, -0.1) is 0 Å². The molecule has 10 heteroatoms. The van der Waals surface area contributed by atoms with Gasteiger partial charge in [0, 0.05) is 29.3 Å². The Kier molecular flexibility index (Phi) is 8.49. The molecule has 35 heavy (non-hydrogen) atoms. The van der Waals surface area contributed by atoms with E-state index in [1.54, 1.807) is 0 Å². The first-order chi connectivity index (χ1) is 16.3. The lowest BCUT2D eigenvalue weighted by Crippen LogP contribution is -2.53. The van der Waals surface area contributed by atoms with E-state index in [2.05, 4.69) is 10.0 Å². The van der Waals surface area contributed by atoms with Crippen LogP contribution in [-0.2, 0) is 21.0 Å². The van der Waals surface area contributed by atoms with E-state index in [4.69, 9.17) is 0 Å². The topological polar surface area (TPSA) is 95.5 Å². The SMILES string of the molecule is CC(C)(CO)C(NC(=O)C1CCC(NS(=O)(=O)c2ccc(C(F)(F)F)cc2)CC1)C1C=CC=CC1. The van der Waals surface area contributed by atoms with Crippen molar-refractivity contribution in [2.24, 2.45) is 17.3 Å². The van der Waals surface area contributed by atoms with Crippen LogP contribution in [0.25, 0.3) is 0 Å². The first-order valence-corrected chi connectivity index (χ1v) is 13.3. The van der Waals surface area contributed by atoms with Crippen molar-refractivity contribution in [3.05, 3.63) is 54.1 Å². The second kappa shape index (κ2) is 10.8. The van der Waals surface area contributed by atoms with Crippen molar-refractivity contribution in [1.82, 2.24) is 10.0 Å². The van der Waals surface area contributed by atoms with Gasteiger partial charge in [-0.05, 0) is 56.4 Å². The van der Waals surface area contributed by atoms with Crippen molar-refractivity contribution in [1.29, 1.82) is 0 Å². The van der Waals surface area contributed by atoms with Crippen molar-refractivity contribution < 1.29 is 31.5 Å². The summed E-state index contributed by atoms with van der Waals surface area (Å²) < 4.78 is 66.1. The molecule has 2 unspecified atom stereocenters. The molecule has 1 aromatic carbocycles. The van der Waals surface area contributed by atoms with Gasteiger partial charge in [-0.25, -0.2) is 13.1 Å². The van der Waals surface area contributed by atoms with Gasteiger partial charge in [0.1, 0.15) is 0 Å². The van der Waals surface area contributed by atoms with Gasteiger partial charge >= 0.3 is 6.18 Å². The summed E-state index contributed by atoms with van der Waals surface area (Å²) >= 11 is 0. The number of hydrogen-bond donors (Lipinski definition) is 3. The monoisotopic (exact) mass is 514 g/mol. The third-order valence-electron chi connectivity index (χ3n) is 6.90. The lowest BCUT2D eigenvalue weighted by molar-refractivity contribution is -0.137. The maximum atomic E-state index is 13.1. The average molecular weight is 515 g/mol. The number of halogens is 3. The van der Waals surface area contributed by atoms with Crippen LogP contribution in [-0.4, -0.2) is 38.1 Å². The molecule has 0 saturated heterocycles. The van der Waals surface area contributed by atoms with Crippen LogP contribution in [0.4, 0.5) is 13.2 Å². The van der Waals surface area contributed by atoms with Crippen molar-refractivity contribution >= 4 is 15.9 Å². The van der Waals surface area contributed by atoms with E-state index in [9.17, 15) is 31.5 Å². The molecule has 3 N–H and O–H groups in total. The quantitative estimate of drug-likeness (QED) is 0.485. The maximum Gasteiger partial charge on any atom is 0.416 e. The number of allylic oxidation sites excluding steroid dienone is 3. The number of aliphatic hydroxyl groups is 1. The van der Waals surface area contributed by atoms with Crippen LogP contribution in [0, 0.1) is 17.3 Å². The summed E-state index contributed by atoms with van der Waals surface area (Å²) in [7, 11) is -3.98. The number of carbonyl (C=O) groups is 1. The normalized spacial score (nSPS) is 24.2. The van der Waals surface area contributed by atoms with Crippen LogP contribution >= 0.6 is 0 Å². The summed E-state index contributed by atoms with van der Waals surface area (Å²) in [4.78, 5) is 12.8. The van der Waals surface area contributed by atoms with Gasteiger partial charge in [-0.1, -0.05) is 38.2 Å². The highest BCUT2D eigenvalue weighted by molar-refractivity contribution is 7.89. The standard InChI is InChI=1S/C25H33F3N2O4S/c1-24(2,16-31)22(17-6-4-3-5-7-17)29-23(32)18-8-12-20(13-9-18)30-35(33,34)21-14-10-19(11-15-21)25(26,27)28/h3-6,10-11,14-15,17-18,20,22,30-31H,7-9,12-13,16H2,1-2H3,(H,29,32). The Morgan fingerprint density at radius 1 is 1.09 bits per heavy atom. The van der Waals surface area contributed by atoms with E-state index in [1.807, 2.05) is 38.2 Å². The number of nitrogens with one attached hydrogen (secondary N) is 2. The van der Waals surface area contributed by atoms with Crippen LogP contribution in [0.5, 0.6) is 0 Å². The van der Waals surface area contributed by atoms with Crippen LogP contribution in [0.1, 0.15) is 51.5 Å². The third kappa shape index (κ3) is 6.95. The number of sulfonamides is 1. The fourth-order valence-corrected chi connectivity index (χ4v) is 5.99. The summed E-state index contributed by atoms with van der Waals surface area (Å²) in [6.45, 7) is 3.75.